The van der Waals surface area contributed by atoms with Gasteiger partial charge in [0.15, 0.2) is 0 Å². The number of carbonyl (C=O) groups excluding carboxylic acids is 1. The summed E-state index contributed by atoms with van der Waals surface area (Å²) in [6.07, 6.45) is 2.49. The fraction of sp³-hybridized carbons (Fsp3) is 0.417. The standard InChI is InChI=1S/C12H15NO3/c1-13-12(14)8-5-10(15-2)7-11(6-8)16-9-3-4-9/h5-7,9H,3-4H2,1-2H3,(H,13,14). The number of hydrogen-bond donors (Lipinski definition) is 1. The van der Waals surface area contributed by atoms with Crippen LogP contribution in [0.15, 0.2) is 18.2 Å². The molecule has 4 nitrogen and oxygen atoms in total. The van der Waals surface area contributed by atoms with Crippen LogP contribution in [0.25, 0.3) is 0 Å². The predicted molar refractivity (Wildman–Crippen MR) is 60.0 cm³/mol. The van der Waals surface area contributed by atoms with Crippen LogP contribution in [0, 0.1) is 0 Å². The number of hydrogen-bond acceptors (Lipinski definition) is 3. The number of methoxy groups -OCH3 is 1. The highest BCUT2D eigenvalue weighted by Crippen LogP contribution is 2.30. The van der Waals surface area contributed by atoms with Crippen molar-refractivity contribution in [3.8, 4) is 11.5 Å². The van der Waals surface area contributed by atoms with Gasteiger partial charge >= 0.3 is 0 Å². The zero-order chi connectivity index (χ0) is 11.5. The molecule has 0 aliphatic heterocycles. The molecule has 0 atom stereocenters. The first-order valence-electron chi connectivity index (χ1n) is 5.30. The van der Waals surface area contributed by atoms with E-state index in [1.54, 1.807) is 32.4 Å². The zero-order valence-electron chi connectivity index (χ0n) is 9.45. The summed E-state index contributed by atoms with van der Waals surface area (Å²) in [7, 11) is 3.17. The number of nitrogens with one attached hydrogen (secondary N) is 1. The molecule has 0 bridgehead atoms. The predicted octanol–water partition coefficient (Wildman–Crippen LogP) is 1.60. The Bertz CT molecular complexity index is 399. The first kappa shape index (κ1) is 10.8. The first-order valence-corrected chi connectivity index (χ1v) is 5.30. The van der Waals surface area contributed by atoms with Crippen LogP contribution in [0.5, 0.6) is 11.5 Å². The molecule has 1 saturated carbocycles. The minimum Gasteiger partial charge on any atom is -0.497 e. The van der Waals surface area contributed by atoms with Gasteiger partial charge in [-0.3, -0.25) is 4.79 Å². The summed E-state index contributed by atoms with van der Waals surface area (Å²) in [4.78, 5) is 11.5. The van der Waals surface area contributed by atoms with Gasteiger partial charge in [-0.2, -0.15) is 0 Å². The molecule has 0 heterocycles. The lowest BCUT2D eigenvalue weighted by Crippen LogP contribution is -2.17. The maximum Gasteiger partial charge on any atom is 0.251 e. The van der Waals surface area contributed by atoms with Crippen molar-refractivity contribution in [2.45, 2.75) is 18.9 Å². The van der Waals surface area contributed by atoms with E-state index in [2.05, 4.69) is 5.32 Å². The van der Waals surface area contributed by atoms with E-state index in [4.69, 9.17) is 9.47 Å². The molecule has 0 saturated heterocycles. The molecule has 0 aromatic heterocycles. The summed E-state index contributed by atoms with van der Waals surface area (Å²) in [5.74, 6) is 1.19. The molecule has 16 heavy (non-hydrogen) atoms. The summed E-state index contributed by atoms with van der Waals surface area (Å²) < 4.78 is 10.8. The van der Waals surface area contributed by atoms with Crippen LogP contribution in [-0.4, -0.2) is 26.2 Å². The van der Waals surface area contributed by atoms with Crippen molar-refractivity contribution < 1.29 is 14.3 Å². The van der Waals surface area contributed by atoms with Gasteiger partial charge in [0.05, 0.1) is 13.2 Å². The van der Waals surface area contributed by atoms with Gasteiger partial charge in [-0.15, -0.1) is 0 Å². The lowest BCUT2D eigenvalue weighted by molar-refractivity contribution is 0.0962. The molecule has 1 amide bonds. The SMILES string of the molecule is CNC(=O)c1cc(OC)cc(OC2CC2)c1. The van der Waals surface area contributed by atoms with Crippen molar-refractivity contribution in [1.82, 2.24) is 5.32 Å². The highest BCUT2D eigenvalue weighted by Gasteiger charge is 2.24. The zero-order valence-corrected chi connectivity index (χ0v) is 9.45. The maximum absolute atomic E-state index is 11.5. The second-order valence-corrected chi connectivity index (χ2v) is 3.79. The van der Waals surface area contributed by atoms with Crippen molar-refractivity contribution in [3.05, 3.63) is 23.8 Å². The van der Waals surface area contributed by atoms with Gasteiger partial charge < -0.3 is 14.8 Å². The highest BCUT2D eigenvalue weighted by molar-refractivity contribution is 5.94. The van der Waals surface area contributed by atoms with E-state index in [-0.39, 0.29) is 5.91 Å². The first-order chi connectivity index (χ1) is 7.72. The average Bonchev–Trinajstić information content (AvgIpc) is 3.11. The molecule has 2 rings (SSSR count). The van der Waals surface area contributed by atoms with Crippen LogP contribution in [0.1, 0.15) is 23.2 Å². The molecule has 0 spiro atoms. The van der Waals surface area contributed by atoms with Gasteiger partial charge in [0.1, 0.15) is 11.5 Å². The monoisotopic (exact) mass is 221 g/mol. The Morgan fingerprint density at radius 3 is 2.56 bits per heavy atom. The van der Waals surface area contributed by atoms with Gasteiger partial charge in [-0.25, -0.2) is 0 Å². The van der Waals surface area contributed by atoms with E-state index in [0.29, 0.717) is 23.2 Å². The lowest BCUT2D eigenvalue weighted by Gasteiger charge is -2.09. The van der Waals surface area contributed by atoms with Crippen molar-refractivity contribution in [2.24, 2.45) is 0 Å². The highest BCUT2D eigenvalue weighted by atomic mass is 16.5. The van der Waals surface area contributed by atoms with Gasteiger partial charge in [0.25, 0.3) is 5.91 Å². The number of carbonyl (C=O) groups is 1. The Labute approximate surface area is 94.6 Å². The molecular formula is C12H15NO3. The molecule has 1 aliphatic carbocycles. The van der Waals surface area contributed by atoms with E-state index < -0.39 is 0 Å². The number of rotatable bonds is 4. The van der Waals surface area contributed by atoms with Crippen LogP contribution in [-0.2, 0) is 0 Å². The number of benzene rings is 1. The molecule has 1 aromatic carbocycles. The normalized spacial score (nSPS) is 14.4. The van der Waals surface area contributed by atoms with Crippen LogP contribution in [0.4, 0.5) is 0 Å². The lowest BCUT2D eigenvalue weighted by atomic mass is 10.2. The molecule has 86 valence electrons. The molecule has 0 radical (unpaired) electrons. The van der Waals surface area contributed by atoms with Crippen LogP contribution < -0.4 is 14.8 Å². The minimum absolute atomic E-state index is 0.139. The fourth-order valence-electron chi connectivity index (χ4n) is 1.41. The second kappa shape index (κ2) is 4.43. The van der Waals surface area contributed by atoms with Gasteiger partial charge in [0.2, 0.25) is 0 Å². The Morgan fingerprint density at radius 2 is 2.00 bits per heavy atom. The van der Waals surface area contributed by atoms with Gasteiger partial charge in [-0.1, -0.05) is 0 Å². The molecule has 4 heteroatoms. The smallest absolute Gasteiger partial charge is 0.251 e. The summed E-state index contributed by atoms with van der Waals surface area (Å²) >= 11 is 0. The van der Waals surface area contributed by atoms with Crippen LogP contribution in [0.2, 0.25) is 0 Å². The Balaban J connectivity index is 2.25. The number of amides is 1. The molecule has 1 aromatic rings. The molecule has 0 unspecified atom stereocenters. The summed E-state index contributed by atoms with van der Waals surface area (Å²) in [6, 6.07) is 5.23. The Hall–Kier alpha value is -1.71. The maximum atomic E-state index is 11.5. The summed E-state index contributed by atoms with van der Waals surface area (Å²) in [5, 5.41) is 2.58. The molecule has 1 aliphatic rings. The average molecular weight is 221 g/mol. The molecule has 1 N–H and O–H groups in total. The Morgan fingerprint density at radius 1 is 1.31 bits per heavy atom. The van der Waals surface area contributed by atoms with E-state index in [1.807, 2.05) is 0 Å². The third-order valence-corrected chi connectivity index (χ3v) is 2.43. The topological polar surface area (TPSA) is 47.6 Å². The van der Waals surface area contributed by atoms with Gasteiger partial charge in [0, 0.05) is 18.7 Å². The molecule has 1 fully saturated rings. The number of ether oxygens (including phenoxy) is 2. The van der Waals surface area contributed by atoms with E-state index in [1.165, 1.54) is 0 Å². The van der Waals surface area contributed by atoms with E-state index in [9.17, 15) is 4.79 Å². The van der Waals surface area contributed by atoms with E-state index in [0.717, 1.165) is 12.8 Å². The summed E-state index contributed by atoms with van der Waals surface area (Å²) in [5.41, 5.74) is 0.553. The molecular weight excluding hydrogens is 206 g/mol. The van der Waals surface area contributed by atoms with Crippen molar-refractivity contribution in [3.63, 3.8) is 0 Å². The van der Waals surface area contributed by atoms with Crippen molar-refractivity contribution >= 4 is 5.91 Å². The minimum atomic E-state index is -0.139. The van der Waals surface area contributed by atoms with Crippen molar-refractivity contribution in [2.75, 3.05) is 14.2 Å². The van der Waals surface area contributed by atoms with Crippen LogP contribution >= 0.6 is 0 Å². The Kier molecular flexibility index (Phi) is 2.99. The third kappa shape index (κ3) is 2.45. The largest absolute Gasteiger partial charge is 0.497 e. The van der Waals surface area contributed by atoms with Crippen LogP contribution in [0.3, 0.4) is 0 Å². The summed E-state index contributed by atoms with van der Waals surface area (Å²) in [6.45, 7) is 0. The van der Waals surface area contributed by atoms with E-state index >= 15 is 0 Å². The second-order valence-electron chi connectivity index (χ2n) is 3.79. The van der Waals surface area contributed by atoms with Gasteiger partial charge in [-0.05, 0) is 25.0 Å². The quantitative estimate of drug-likeness (QED) is 0.840. The fourth-order valence-corrected chi connectivity index (χ4v) is 1.41. The third-order valence-electron chi connectivity index (χ3n) is 2.43. The van der Waals surface area contributed by atoms with Crippen molar-refractivity contribution in [1.29, 1.82) is 0 Å².